The van der Waals surface area contributed by atoms with Gasteiger partial charge in [-0.2, -0.15) is 0 Å². The molecule has 0 radical (unpaired) electrons. The van der Waals surface area contributed by atoms with Crippen molar-refractivity contribution in [1.82, 2.24) is 0 Å². The van der Waals surface area contributed by atoms with Gasteiger partial charge in [0.1, 0.15) is 0 Å². The van der Waals surface area contributed by atoms with Gasteiger partial charge in [-0.3, -0.25) is 0 Å². The predicted octanol–water partition coefficient (Wildman–Crippen LogP) is 3.82. The molecule has 1 unspecified atom stereocenters. The summed E-state index contributed by atoms with van der Waals surface area (Å²) in [4.78, 5) is 0. The highest BCUT2D eigenvalue weighted by Gasteiger charge is 2.04. The fourth-order valence-corrected chi connectivity index (χ4v) is 1.78. The van der Waals surface area contributed by atoms with Crippen molar-refractivity contribution in [1.29, 1.82) is 0 Å². The van der Waals surface area contributed by atoms with Crippen LogP contribution in [0.2, 0.25) is 0 Å². The smallest absolute Gasteiger partial charge is 0.0977 e. The van der Waals surface area contributed by atoms with Crippen LogP contribution in [0.3, 0.4) is 0 Å². The van der Waals surface area contributed by atoms with Gasteiger partial charge in [-0.15, -0.1) is 0 Å². The average Bonchev–Trinajstić information content (AvgIpc) is 2.40. The molecule has 1 nitrogen and oxygen atoms in total. The van der Waals surface area contributed by atoms with Gasteiger partial charge in [-0.05, 0) is 29.7 Å². The van der Waals surface area contributed by atoms with Gasteiger partial charge in [-0.25, -0.2) is 0 Å². The topological polar surface area (TPSA) is 20.2 Å². The molecule has 17 heavy (non-hydrogen) atoms. The molecule has 2 aromatic rings. The number of aliphatic hydroxyl groups is 1. The third-order valence-corrected chi connectivity index (χ3v) is 2.78. The molecule has 0 aliphatic heterocycles. The summed E-state index contributed by atoms with van der Waals surface area (Å²) < 4.78 is 0. The van der Waals surface area contributed by atoms with E-state index >= 15 is 0 Å². The zero-order valence-electron chi connectivity index (χ0n) is 9.88. The molecule has 86 valence electrons. The van der Waals surface area contributed by atoms with Crippen LogP contribution in [-0.2, 0) is 0 Å². The number of hydrogen-bond acceptors (Lipinski definition) is 1. The van der Waals surface area contributed by atoms with E-state index in [4.69, 9.17) is 0 Å². The molecule has 0 saturated carbocycles. The summed E-state index contributed by atoms with van der Waals surface area (Å²) in [7, 11) is 0. The summed E-state index contributed by atoms with van der Waals surface area (Å²) >= 11 is 0. The van der Waals surface area contributed by atoms with E-state index in [0.29, 0.717) is 0 Å². The van der Waals surface area contributed by atoms with E-state index in [1.165, 1.54) is 0 Å². The van der Waals surface area contributed by atoms with Gasteiger partial charge in [0, 0.05) is 0 Å². The van der Waals surface area contributed by atoms with Crippen molar-refractivity contribution in [2.24, 2.45) is 0 Å². The minimum absolute atomic E-state index is 0.545. The fourth-order valence-electron chi connectivity index (χ4n) is 1.78. The van der Waals surface area contributed by atoms with Gasteiger partial charge in [0.25, 0.3) is 0 Å². The van der Waals surface area contributed by atoms with E-state index in [1.807, 2.05) is 73.7 Å². The van der Waals surface area contributed by atoms with Crippen molar-refractivity contribution in [3.8, 4) is 0 Å². The minimum Gasteiger partial charge on any atom is -0.384 e. The molecule has 1 N–H and O–H groups in total. The molecular weight excluding hydrogens is 208 g/mol. The number of aliphatic hydroxyl groups excluding tert-OH is 1. The molecule has 0 saturated heterocycles. The second-order valence-electron chi connectivity index (χ2n) is 4.07. The SMILES string of the molecule is CC(=CC(O)c1ccccc1)c1ccccc1. The molecule has 0 aliphatic rings. The molecule has 0 heterocycles. The molecule has 2 aromatic carbocycles. The quantitative estimate of drug-likeness (QED) is 0.840. The number of benzene rings is 2. The lowest BCUT2D eigenvalue weighted by Crippen LogP contribution is -1.93. The zero-order valence-corrected chi connectivity index (χ0v) is 9.88. The Morgan fingerprint density at radius 1 is 0.941 bits per heavy atom. The maximum atomic E-state index is 10.1. The molecule has 0 bridgehead atoms. The Balaban J connectivity index is 2.20. The summed E-state index contributed by atoms with van der Waals surface area (Å²) in [5, 5.41) is 10.1. The van der Waals surface area contributed by atoms with Crippen LogP contribution in [0.5, 0.6) is 0 Å². The van der Waals surface area contributed by atoms with Gasteiger partial charge in [0.05, 0.1) is 6.10 Å². The number of allylic oxidation sites excluding steroid dienone is 1. The molecule has 1 atom stereocenters. The maximum absolute atomic E-state index is 10.1. The van der Waals surface area contributed by atoms with Crippen molar-refractivity contribution in [2.75, 3.05) is 0 Å². The van der Waals surface area contributed by atoms with E-state index in [2.05, 4.69) is 0 Å². The highest BCUT2D eigenvalue weighted by atomic mass is 16.3. The lowest BCUT2D eigenvalue weighted by Gasteiger charge is -2.08. The van der Waals surface area contributed by atoms with Crippen molar-refractivity contribution >= 4 is 5.57 Å². The number of hydrogen-bond donors (Lipinski definition) is 1. The van der Waals surface area contributed by atoms with Crippen molar-refractivity contribution in [3.05, 3.63) is 77.9 Å². The molecule has 2 rings (SSSR count). The molecule has 0 amide bonds. The van der Waals surface area contributed by atoms with Gasteiger partial charge >= 0.3 is 0 Å². The summed E-state index contributed by atoms with van der Waals surface area (Å²) in [5.41, 5.74) is 3.15. The van der Waals surface area contributed by atoms with Crippen LogP contribution in [0.15, 0.2) is 66.7 Å². The molecular formula is C16H16O. The van der Waals surface area contributed by atoms with Crippen LogP contribution in [0.25, 0.3) is 5.57 Å². The summed E-state index contributed by atoms with van der Waals surface area (Å²) in [6, 6.07) is 19.8. The van der Waals surface area contributed by atoms with E-state index in [0.717, 1.165) is 16.7 Å². The van der Waals surface area contributed by atoms with Crippen LogP contribution < -0.4 is 0 Å². The van der Waals surface area contributed by atoms with Crippen LogP contribution >= 0.6 is 0 Å². The van der Waals surface area contributed by atoms with Gasteiger partial charge in [-0.1, -0.05) is 60.7 Å². The number of rotatable bonds is 3. The normalized spacial score (nSPS) is 13.4. The standard InChI is InChI=1S/C16H16O/c1-13(14-8-4-2-5-9-14)12-16(17)15-10-6-3-7-11-15/h2-12,16-17H,1H3. The van der Waals surface area contributed by atoms with Gasteiger partial charge < -0.3 is 5.11 Å². The Kier molecular flexibility index (Phi) is 3.73. The Morgan fingerprint density at radius 2 is 1.47 bits per heavy atom. The van der Waals surface area contributed by atoms with Crippen molar-refractivity contribution < 1.29 is 5.11 Å². The Morgan fingerprint density at radius 3 is 2.06 bits per heavy atom. The molecule has 0 fully saturated rings. The first-order valence-electron chi connectivity index (χ1n) is 5.74. The van der Waals surface area contributed by atoms with E-state index < -0.39 is 6.10 Å². The van der Waals surface area contributed by atoms with Crippen LogP contribution in [0.1, 0.15) is 24.2 Å². The lowest BCUT2D eigenvalue weighted by atomic mass is 10.0. The minimum atomic E-state index is -0.545. The molecule has 0 spiro atoms. The lowest BCUT2D eigenvalue weighted by molar-refractivity contribution is 0.229. The highest BCUT2D eigenvalue weighted by molar-refractivity contribution is 5.64. The van der Waals surface area contributed by atoms with Crippen LogP contribution in [0.4, 0.5) is 0 Å². The largest absolute Gasteiger partial charge is 0.384 e. The first-order chi connectivity index (χ1) is 8.27. The van der Waals surface area contributed by atoms with Crippen molar-refractivity contribution in [2.45, 2.75) is 13.0 Å². The Bertz CT molecular complexity index is 485. The van der Waals surface area contributed by atoms with E-state index in [1.54, 1.807) is 0 Å². The zero-order chi connectivity index (χ0) is 12.1. The highest BCUT2D eigenvalue weighted by Crippen LogP contribution is 2.20. The molecule has 0 aromatic heterocycles. The van der Waals surface area contributed by atoms with Crippen molar-refractivity contribution in [3.63, 3.8) is 0 Å². The third-order valence-electron chi connectivity index (χ3n) is 2.78. The molecule has 1 heteroatoms. The first-order valence-corrected chi connectivity index (χ1v) is 5.74. The first kappa shape index (κ1) is 11.6. The Labute approximate surface area is 102 Å². The Hall–Kier alpha value is -1.86. The average molecular weight is 224 g/mol. The monoisotopic (exact) mass is 224 g/mol. The van der Waals surface area contributed by atoms with E-state index in [9.17, 15) is 5.11 Å². The second kappa shape index (κ2) is 5.46. The summed E-state index contributed by atoms with van der Waals surface area (Å²) in [5.74, 6) is 0. The van der Waals surface area contributed by atoms with Crippen LogP contribution in [0, 0.1) is 0 Å². The predicted molar refractivity (Wildman–Crippen MR) is 71.5 cm³/mol. The molecule has 0 aliphatic carbocycles. The van der Waals surface area contributed by atoms with E-state index in [-0.39, 0.29) is 0 Å². The third kappa shape index (κ3) is 3.05. The van der Waals surface area contributed by atoms with Gasteiger partial charge in [0.15, 0.2) is 0 Å². The van der Waals surface area contributed by atoms with Crippen LogP contribution in [-0.4, -0.2) is 5.11 Å². The fraction of sp³-hybridized carbons (Fsp3) is 0.125. The summed E-state index contributed by atoms with van der Waals surface area (Å²) in [6.45, 7) is 2.02. The van der Waals surface area contributed by atoms with Gasteiger partial charge in [0.2, 0.25) is 0 Å². The maximum Gasteiger partial charge on any atom is 0.0977 e. The second-order valence-corrected chi connectivity index (χ2v) is 4.07. The summed E-state index contributed by atoms with van der Waals surface area (Å²) in [6.07, 6.45) is 1.33.